The van der Waals surface area contributed by atoms with E-state index in [0.717, 1.165) is 41.8 Å². The molecule has 0 radical (unpaired) electrons. The summed E-state index contributed by atoms with van der Waals surface area (Å²) in [5, 5.41) is 3.40. The van der Waals surface area contributed by atoms with Crippen molar-refractivity contribution in [2.75, 3.05) is 48.3 Å². The number of hydrogen-bond donors (Lipinski definition) is 1. The Morgan fingerprint density at radius 2 is 2.25 bits per heavy atom. The lowest BCUT2D eigenvalue weighted by Gasteiger charge is -2.43. The smallest absolute Gasteiger partial charge is 0.282 e. The highest BCUT2D eigenvalue weighted by molar-refractivity contribution is 7.99. The van der Waals surface area contributed by atoms with Gasteiger partial charge in [-0.05, 0) is 6.07 Å². The molecule has 1 aromatic rings. The first-order valence-electron chi connectivity index (χ1n) is 6.85. The maximum absolute atomic E-state index is 13.0. The van der Waals surface area contributed by atoms with Crippen molar-refractivity contribution in [3.63, 3.8) is 0 Å². The van der Waals surface area contributed by atoms with E-state index >= 15 is 0 Å². The van der Waals surface area contributed by atoms with E-state index in [-0.39, 0.29) is 13.1 Å². The zero-order valence-electron chi connectivity index (χ0n) is 11.0. The number of anilines is 2. The Bertz CT molecular complexity index is 531. The molecule has 0 unspecified atom stereocenters. The predicted molar refractivity (Wildman–Crippen MR) is 76.1 cm³/mol. The van der Waals surface area contributed by atoms with Crippen LogP contribution < -0.4 is 15.1 Å². The van der Waals surface area contributed by atoms with Crippen molar-refractivity contribution in [2.24, 2.45) is 0 Å². The topological polar surface area (TPSA) is 31.4 Å². The van der Waals surface area contributed by atoms with Crippen LogP contribution >= 0.6 is 11.8 Å². The molecule has 3 aliphatic rings. The maximum Gasteiger partial charge on any atom is 0.282 e. The molecule has 1 N–H and O–H groups in total. The van der Waals surface area contributed by atoms with Crippen LogP contribution in [0.2, 0.25) is 0 Å². The van der Waals surface area contributed by atoms with Gasteiger partial charge in [-0.1, -0.05) is 0 Å². The van der Waals surface area contributed by atoms with Crippen LogP contribution in [0.4, 0.5) is 20.3 Å². The van der Waals surface area contributed by atoms with Crippen molar-refractivity contribution >= 4 is 23.3 Å². The van der Waals surface area contributed by atoms with Crippen molar-refractivity contribution in [2.45, 2.75) is 16.9 Å². The first-order valence-corrected chi connectivity index (χ1v) is 7.84. The van der Waals surface area contributed by atoms with Crippen LogP contribution in [0.5, 0.6) is 0 Å². The minimum Gasteiger partial charge on any atom is -0.358 e. The average Bonchev–Trinajstić information content (AvgIpc) is 2.44. The maximum atomic E-state index is 13.0. The number of piperazine rings is 1. The van der Waals surface area contributed by atoms with Gasteiger partial charge in [0.1, 0.15) is 5.82 Å². The average molecular weight is 298 g/mol. The molecule has 0 aliphatic carbocycles. The summed E-state index contributed by atoms with van der Waals surface area (Å²) in [7, 11) is 0. The highest BCUT2D eigenvalue weighted by Crippen LogP contribution is 2.40. The van der Waals surface area contributed by atoms with Gasteiger partial charge >= 0.3 is 0 Å². The van der Waals surface area contributed by atoms with E-state index in [0.29, 0.717) is 6.04 Å². The number of aromatic nitrogens is 1. The molecule has 0 bridgehead atoms. The van der Waals surface area contributed by atoms with E-state index in [1.807, 2.05) is 6.07 Å². The third-order valence-electron chi connectivity index (χ3n) is 4.08. The summed E-state index contributed by atoms with van der Waals surface area (Å²) in [4.78, 5) is 9.70. The van der Waals surface area contributed by atoms with Gasteiger partial charge in [0.2, 0.25) is 0 Å². The molecule has 0 saturated carbocycles. The molecule has 2 saturated heterocycles. The zero-order chi connectivity index (χ0) is 13.7. The minimum absolute atomic E-state index is 0.186. The number of halogens is 2. The van der Waals surface area contributed by atoms with Crippen molar-refractivity contribution in [3.8, 4) is 0 Å². The van der Waals surface area contributed by atoms with Gasteiger partial charge in [0, 0.05) is 25.4 Å². The lowest BCUT2D eigenvalue weighted by molar-refractivity contribution is -0.0263. The van der Waals surface area contributed by atoms with Crippen molar-refractivity contribution in [3.05, 3.63) is 12.3 Å². The Morgan fingerprint density at radius 1 is 1.40 bits per heavy atom. The van der Waals surface area contributed by atoms with Crippen LogP contribution in [0.1, 0.15) is 0 Å². The van der Waals surface area contributed by atoms with E-state index in [9.17, 15) is 8.78 Å². The highest BCUT2D eigenvalue weighted by atomic mass is 32.2. The minimum atomic E-state index is -2.54. The Balaban J connectivity index is 1.59. The van der Waals surface area contributed by atoms with Crippen molar-refractivity contribution < 1.29 is 8.78 Å². The first-order chi connectivity index (χ1) is 9.62. The van der Waals surface area contributed by atoms with E-state index in [2.05, 4.69) is 15.2 Å². The molecule has 2 fully saturated rings. The summed E-state index contributed by atoms with van der Waals surface area (Å²) < 4.78 is 25.9. The molecule has 0 amide bonds. The van der Waals surface area contributed by atoms with Crippen LogP contribution in [0.15, 0.2) is 17.2 Å². The number of nitrogens with one attached hydrogen (secondary N) is 1. The third-order valence-corrected chi connectivity index (χ3v) is 5.24. The lowest BCUT2D eigenvalue weighted by Crippen LogP contribution is -2.56. The van der Waals surface area contributed by atoms with Gasteiger partial charge < -0.3 is 15.1 Å². The number of pyridine rings is 1. The summed E-state index contributed by atoms with van der Waals surface area (Å²) >= 11 is 1.78. The fourth-order valence-corrected chi connectivity index (χ4v) is 4.16. The Hall–Kier alpha value is -1.08. The second-order valence-corrected chi connectivity index (χ2v) is 6.65. The number of nitrogens with zero attached hydrogens (tertiary/aromatic N) is 3. The second kappa shape index (κ2) is 4.46. The van der Waals surface area contributed by atoms with Gasteiger partial charge in [0.05, 0.1) is 35.9 Å². The molecule has 0 aromatic carbocycles. The number of fused-ring (bicyclic) bond motifs is 3. The van der Waals surface area contributed by atoms with Crippen LogP contribution in [-0.4, -0.2) is 55.4 Å². The van der Waals surface area contributed by atoms with E-state index < -0.39 is 5.92 Å². The molecule has 20 heavy (non-hydrogen) atoms. The first kappa shape index (κ1) is 12.6. The predicted octanol–water partition coefficient (Wildman–Crippen LogP) is 1.42. The van der Waals surface area contributed by atoms with Crippen molar-refractivity contribution in [1.29, 1.82) is 0 Å². The van der Waals surface area contributed by atoms with E-state index in [4.69, 9.17) is 0 Å². The fourth-order valence-electron chi connectivity index (χ4n) is 2.99. The standard InChI is InChI=1S/C13H16F2N4S/c14-13(15)7-18(8-13)9-3-11-12(17-5-9)19-2-1-16-4-10(19)6-20-11/h3,5,10,16H,1-2,4,6-8H2/t10-/m0/s1. The number of hydrogen-bond acceptors (Lipinski definition) is 5. The molecule has 0 spiro atoms. The SMILES string of the molecule is FC1(F)CN(c2cnc3c(c2)SC[C@@H]2CNCCN32)C1. The second-order valence-electron chi connectivity index (χ2n) is 5.59. The Labute approximate surface area is 120 Å². The summed E-state index contributed by atoms with van der Waals surface area (Å²) in [6.45, 7) is 2.56. The third kappa shape index (κ3) is 2.03. The molecule has 7 heteroatoms. The van der Waals surface area contributed by atoms with Gasteiger partial charge in [0.15, 0.2) is 0 Å². The van der Waals surface area contributed by atoms with E-state index in [1.54, 1.807) is 22.9 Å². The highest BCUT2D eigenvalue weighted by Gasteiger charge is 2.44. The van der Waals surface area contributed by atoms with Crippen LogP contribution in [0.25, 0.3) is 0 Å². The monoisotopic (exact) mass is 298 g/mol. The number of rotatable bonds is 1. The van der Waals surface area contributed by atoms with Crippen LogP contribution in [0.3, 0.4) is 0 Å². The van der Waals surface area contributed by atoms with Gasteiger partial charge in [0.25, 0.3) is 5.92 Å². The fraction of sp³-hybridized carbons (Fsp3) is 0.615. The molecule has 4 heterocycles. The summed E-state index contributed by atoms with van der Waals surface area (Å²) in [5.74, 6) is -0.489. The largest absolute Gasteiger partial charge is 0.358 e. The molecule has 4 rings (SSSR count). The molecule has 1 atom stereocenters. The molecule has 4 nitrogen and oxygen atoms in total. The van der Waals surface area contributed by atoms with E-state index in [1.165, 1.54) is 0 Å². The molecular weight excluding hydrogens is 282 g/mol. The number of alkyl halides is 2. The number of thioether (sulfide) groups is 1. The normalized spacial score (nSPS) is 27.6. The zero-order valence-corrected chi connectivity index (χ0v) is 11.8. The van der Waals surface area contributed by atoms with Crippen molar-refractivity contribution in [1.82, 2.24) is 10.3 Å². The quantitative estimate of drug-likeness (QED) is 0.847. The summed E-state index contributed by atoms with van der Waals surface area (Å²) in [6, 6.07) is 2.51. The van der Waals surface area contributed by atoms with Crippen LogP contribution in [0, 0.1) is 0 Å². The lowest BCUT2D eigenvalue weighted by atomic mass is 10.1. The molecule has 3 aliphatic heterocycles. The Kier molecular flexibility index (Phi) is 2.82. The van der Waals surface area contributed by atoms with Crippen LogP contribution in [-0.2, 0) is 0 Å². The van der Waals surface area contributed by atoms with Gasteiger partial charge in [-0.15, -0.1) is 11.8 Å². The molecule has 1 aromatic heterocycles. The molecule has 108 valence electrons. The summed E-state index contributed by atoms with van der Waals surface area (Å²) in [5.41, 5.74) is 0.816. The van der Waals surface area contributed by atoms with Gasteiger partial charge in [-0.3, -0.25) is 0 Å². The summed E-state index contributed by atoms with van der Waals surface area (Å²) in [6.07, 6.45) is 1.74. The van der Waals surface area contributed by atoms with Gasteiger partial charge in [-0.25, -0.2) is 13.8 Å². The molecular formula is C13H16F2N4S. The van der Waals surface area contributed by atoms with Gasteiger partial charge in [-0.2, -0.15) is 0 Å². The Morgan fingerprint density at radius 3 is 3.05 bits per heavy atom.